The Hall–Kier alpha value is -0.870. The van der Waals surface area contributed by atoms with Crippen LogP contribution < -0.4 is 11.1 Å². The van der Waals surface area contributed by atoms with Crippen molar-refractivity contribution in [2.45, 2.75) is 26.3 Å². The standard InChI is InChI=1S/C10H16N2OS/c1-7-4-6-14-9(7)3-5-12-10(13)8(2)11/h4,6,8H,3,5,11H2,1-2H3,(H,12,13). The Labute approximate surface area is 88.3 Å². The molecular weight excluding hydrogens is 196 g/mol. The van der Waals surface area contributed by atoms with Crippen LogP contribution in [0.3, 0.4) is 0 Å². The van der Waals surface area contributed by atoms with Crippen LogP contribution in [-0.4, -0.2) is 18.5 Å². The van der Waals surface area contributed by atoms with Crippen LogP contribution in [0.5, 0.6) is 0 Å². The second-order valence-corrected chi connectivity index (χ2v) is 4.36. The fraction of sp³-hybridized carbons (Fsp3) is 0.500. The molecule has 0 saturated heterocycles. The van der Waals surface area contributed by atoms with E-state index in [0.717, 1.165) is 6.42 Å². The van der Waals surface area contributed by atoms with Crippen LogP contribution in [0.1, 0.15) is 17.4 Å². The summed E-state index contributed by atoms with van der Waals surface area (Å²) >= 11 is 1.73. The van der Waals surface area contributed by atoms with Crippen molar-refractivity contribution in [1.82, 2.24) is 5.32 Å². The lowest BCUT2D eigenvalue weighted by atomic mass is 10.2. The molecule has 14 heavy (non-hydrogen) atoms. The summed E-state index contributed by atoms with van der Waals surface area (Å²) in [6.07, 6.45) is 0.891. The van der Waals surface area contributed by atoms with Crippen LogP contribution >= 0.6 is 11.3 Å². The smallest absolute Gasteiger partial charge is 0.236 e. The molecule has 0 bridgehead atoms. The maximum Gasteiger partial charge on any atom is 0.236 e. The molecule has 0 saturated carbocycles. The van der Waals surface area contributed by atoms with E-state index in [4.69, 9.17) is 5.73 Å². The van der Waals surface area contributed by atoms with Gasteiger partial charge in [0.05, 0.1) is 6.04 Å². The fourth-order valence-electron chi connectivity index (χ4n) is 1.12. The van der Waals surface area contributed by atoms with Crippen LogP contribution in [0.2, 0.25) is 0 Å². The van der Waals surface area contributed by atoms with Gasteiger partial charge in [0.1, 0.15) is 0 Å². The van der Waals surface area contributed by atoms with Gasteiger partial charge in [-0.1, -0.05) is 0 Å². The van der Waals surface area contributed by atoms with Gasteiger partial charge >= 0.3 is 0 Å². The van der Waals surface area contributed by atoms with Crippen LogP contribution in [0.15, 0.2) is 11.4 Å². The van der Waals surface area contributed by atoms with E-state index in [1.165, 1.54) is 10.4 Å². The quantitative estimate of drug-likeness (QED) is 0.784. The number of hydrogen-bond acceptors (Lipinski definition) is 3. The van der Waals surface area contributed by atoms with E-state index >= 15 is 0 Å². The highest BCUT2D eigenvalue weighted by Gasteiger charge is 2.06. The van der Waals surface area contributed by atoms with E-state index < -0.39 is 6.04 Å². The highest BCUT2D eigenvalue weighted by molar-refractivity contribution is 7.10. The molecule has 0 aliphatic heterocycles. The van der Waals surface area contributed by atoms with Gasteiger partial charge in [-0.3, -0.25) is 4.79 Å². The van der Waals surface area contributed by atoms with Crippen LogP contribution in [0, 0.1) is 6.92 Å². The Balaban J connectivity index is 2.29. The number of nitrogens with one attached hydrogen (secondary N) is 1. The summed E-state index contributed by atoms with van der Waals surface area (Å²) in [5.41, 5.74) is 6.71. The molecule has 1 rings (SSSR count). The van der Waals surface area contributed by atoms with Gasteiger partial charge in [0.25, 0.3) is 0 Å². The first-order valence-electron chi connectivity index (χ1n) is 4.67. The molecule has 3 N–H and O–H groups in total. The summed E-state index contributed by atoms with van der Waals surface area (Å²) < 4.78 is 0. The average Bonchev–Trinajstić information content (AvgIpc) is 2.51. The zero-order valence-electron chi connectivity index (χ0n) is 8.54. The van der Waals surface area contributed by atoms with E-state index in [-0.39, 0.29) is 5.91 Å². The minimum atomic E-state index is -0.417. The van der Waals surface area contributed by atoms with Gasteiger partial charge in [-0.2, -0.15) is 0 Å². The van der Waals surface area contributed by atoms with Crippen molar-refractivity contribution in [2.24, 2.45) is 5.73 Å². The monoisotopic (exact) mass is 212 g/mol. The lowest BCUT2D eigenvalue weighted by Crippen LogP contribution is -2.39. The van der Waals surface area contributed by atoms with E-state index in [0.29, 0.717) is 6.54 Å². The summed E-state index contributed by atoms with van der Waals surface area (Å²) in [5.74, 6) is -0.0841. The average molecular weight is 212 g/mol. The van der Waals surface area contributed by atoms with Crippen molar-refractivity contribution in [3.8, 4) is 0 Å². The Bertz CT molecular complexity index is 307. The van der Waals surface area contributed by atoms with Gasteiger partial charge in [0, 0.05) is 11.4 Å². The Kier molecular flexibility index (Phi) is 4.10. The number of carbonyl (C=O) groups is 1. The number of nitrogens with two attached hydrogens (primary N) is 1. The molecule has 3 nitrogen and oxygen atoms in total. The van der Waals surface area contributed by atoms with Crippen LogP contribution in [0.4, 0.5) is 0 Å². The van der Waals surface area contributed by atoms with Crippen molar-refractivity contribution in [3.05, 3.63) is 21.9 Å². The first kappa shape index (κ1) is 11.2. The van der Waals surface area contributed by atoms with Gasteiger partial charge in [-0.25, -0.2) is 0 Å². The van der Waals surface area contributed by atoms with Crippen molar-refractivity contribution in [3.63, 3.8) is 0 Å². The third-order valence-corrected chi connectivity index (χ3v) is 3.12. The molecular formula is C10H16N2OS. The molecule has 1 amide bonds. The second-order valence-electron chi connectivity index (χ2n) is 3.36. The molecule has 0 spiro atoms. The lowest BCUT2D eigenvalue weighted by molar-refractivity contribution is -0.121. The molecule has 0 aliphatic carbocycles. The molecule has 1 heterocycles. The summed E-state index contributed by atoms with van der Waals surface area (Å²) in [7, 11) is 0. The van der Waals surface area contributed by atoms with E-state index in [2.05, 4.69) is 23.7 Å². The molecule has 0 radical (unpaired) electrons. The number of amides is 1. The molecule has 1 unspecified atom stereocenters. The number of hydrogen-bond donors (Lipinski definition) is 2. The van der Waals surface area contributed by atoms with Crippen molar-refractivity contribution >= 4 is 17.2 Å². The zero-order chi connectivity index (χ0) is 10.6. The number of rotatable bonds is 4. The fourth-order valence-corrected chi connectivity index (χ4v) is 2.03. The third-order valence-electron chi connectivity index (χ3n) is 2.03. The predicted octanol–water partition coefficient (Wildman–Crippen LogP) is 1.06. The molecule has 1 aromatic rings. The SMILES string of the molecule is Cc1ccsc1CCNC(=O)C(C)N. The van der Waals surface area contributed by atoms with E-state index in [1.807, 2.05) is 0 Å². The molecule has 1 aromatic heterocycles. The Morgan fingerprint density at radius 2 is 2.43 bits per heavy atom. The first-order chi connectivity index (χ1) is 6.61. The Morgan fingerprint density at radius 1 is 1.71 bits per heavy atom. The normalized spacial score (nSPS) is 12.5. The third kappa shape index (κ3) is 3.12. The number of thiophene rings is 1. The van der Waals surface area contributed by atoms with E-state index in [9.17, 15) is 4.79 Å². The highest BCUT2D eigenvalue weighted by atomic mass is 32.1. The predicted molar refractivity (Wildman–Crippen MR) is 59.4 cm³/mol. The molecule has 0 aliphatic rings. The molecule has 0 aromatic carbocycles. The zero-order valence-corrected chi connectivity index (χ0v) is 9.36. The topological polar surface area (TPSA) is 55.1 Å². The second kappa shape index (κ2) is 5.12. The van der Waals surface area contributed by atoms with Crippen LogP contribution in [-0.2, 0) is 11.2 Å². The molecule has 0 fully saturated rings. The Morgan fingerprint density at radius 3 is 2.93 bits per heavy atom. The van der Waals surface area contributed by atoms with Gasteiger partial charge in [-0.15, -0.1) is 11.3 Å². The number of aryl methyl sites for hydroxylation is 1. The highest BCUT2D eigenvalue weighted by Crippen LogP contribution is 2.15. The first-order valence-corrected chi connectivity index (χ1v) is 5.55. The maximum atomic E-state index is 11.1. The van der Waals surface area contributed by atoms with Crippen molar-refractivity contribution in [2.75, 3.05) is 6.54 Å². The minimum absolute atomic E-state index is 0.0841. The number of carbonyl (C=O) groups excluding carboxylic acids is 1. The van der Waals surface area contributed by atoms with Gasteiger partial charge in [0.2, 0.25) is 5.91 Å². The van der Waals surface area contributed by atoms with Crippen molar-refractivity contribution in [1.29, 1.82) is 0 Å². The van der Waals surface area contributed by atoms with Gasteiger partial charge < -0.3 is 11.1 Å². The maximum absolute atomic E-state index is 11.1. The van der Waals surface area contributed by atoms with Gasteiger partial charge in [0.15, 0.2) is 0 Å². The van der Waals surface area contributed by atoms with Gasteiger partial charge in [-0.05, 0) is 37.3 Å². The summed E-state index contributed by atoms with van der Waals surface area (Å²) in [5, 5.41) is 4.86. The largest absolute Gasteiger partial charge is 0.354 e. The lowest BCUT2D eigenvalue weighted by Gasteiger charge is -2.06. The summed E-state index contributed by atoms with van der Waals surface area (Å²) in [4.78, 5) is 12.5. The van der Waals surface area contributed by atoms with Crippen LogP contribution in [0.25, 0.3) is 0 Å². The summed E-state index contributed by atoms with van der Waals surface area (Å²) in [6.45, 7) is 4.44. The summed E-state index contributed by atoms with van der Waals surface area (Å²) in [6, 6.07) is 1.67. The minimum Gasteiger partial charge on any atom is -0.354 e. The molecule has 4 heteroatoms. The van der Waals surface area contributed by atoms with E-state index in [1.54, 1.807) is 18.3 Å². The molecule has 78 valence electrons. The van der Waals surface area contributed by atoms with Crippen molar-refractivity contribution < 1.29 is 4.79 Å². The molecule has 1 atom stereocenters.